The van der Waals surface area contributed by atoms with Crippen LogP contribution in [0.15, 0.2) is 12.2 Å². The standard InChI is InChI=1S/C13H24N2/c1-2-3-9-15(13-6-7-13)11-12-5-4-8-14-10-12/h2-3,12-14H,4-11H2,1H3/b3-2+. The molecule has 2 fully saturated rings. The Kier molecular flexibility index (Phi) is 4.21. The van der Waals surface area contributed by atoms with Crippen LogP contribution < -0.4 is 5.32 Å². The van der Waals surface area contributed by atoms with Crippen LogP contribution >= 0.6 is 0 Å². The zero-order valence-corrected chi connectivity index (χ0v) is 9.91. The maximum absolute atomic E-state index is 3.51. The molecular weight excluding hydrogens is 184 g/mol. The first kappa shape index (κ1) is 11.2. The lowest BCUT2D eigenvalue weighted by Gasteiger charge is -2.29. The molecule has 1 heterocycles. The minimum Gasteiger partial charge on any atom is -0.316 e. The zero-order valence-electron chi connectivity index (χ0n) is 9.91. The zero-order chi connectivity index (χ0) is 10.5. The van der Waals surface area contributed by atoms with E-state index < -0.39 is 0 Å². The van der Waals surface area contributed by atoms with Crippen molar-refractivity contribution in [2.75, 3.05) is 26.2 Å². The highest BCUT2D eigenvalue weighted by Gasteiger charge is 2.29. The third kappa shape index (κ3) is 3.62. The average molecular weight is 208 g/mol. The number of nitrogens with one attached hydrogen (secondary N) is 1. The maximum Gasteiger partial charge on any atom is 0.0166 e. The Morgan fingerprint density at radius 1 is 1.33 bits per heavy atom. The molecule has 0 aromatic rings. The molecular formula is C13H24N2. The van der Waals surface area contributed by atoms with Gasteiger partial charge in [-0.1, -0.05) is 12.2 Å². The van der Waals surface area contributed by atoms with Crippen LogP contribution in [0.1, 0.15) is 32.6 Å². The highest BCUT2D eigenvalue weighted by molar-refractivity contribution is 4.91. The molecule has 2 rings (SSSR count). The second-order valence-corrected chi connectivity index (χ2v) is 4.97. The summed E-state index contributed by atoms with van der Waals surface area (Å²) in [5.41, 5.74) is 0. The van der Waals surface area contributed by atoms with E-state index in [1.807, 2.05) is 0 Å². The molecule has 1 saturated heterocycles. The molecule has 0 bridgehead atoms. The van der Waals surface area contributed by atoms with Gasteiger partial charge in [0.1, 0.15) is 0 Å². The molecule has 2 aliphatic rings. The summed E-state index contributed by atoms with van der Waals surface area (Å²) in [6.45, 7) is 7.06. The van der Waals surface area contributed by atoms with Crippen LogP contribution in [-0.4, -0.2) is 37.1 Å². The summed E-state index contributed by atoms with van der Waals surface area (Å²) in [5.74, 6) is 0.893. The van der Waals surface area contributed by atoms with Gasteiger partial charge in [-0.15, -0.1) is 0 Å². The monoisotopic (exact) mass is 208 g/mol. The molecule has 0 spiro atoms. The Morgan fingerprint density at radius 2 is 2.20 bits per heavy atom. The van der Waals surface area contributed by atoms with Gasteiger partial charge in [-0.05, 0) is 51.6 Å². The summed E-state index contributed by atoms with van der Waals surface area (Å²) in [6, 6.07) is 0.906. The first-order valence-corrected chi connectivity index (χ1v) is 6.46. The number of rotatable bonds is 5. The molecule has 2 heteroatoms. The van der Waals surface area contributed by atoms with Crippen molar-refractivity contribution >= 4 is 0 Å². The van der Waals surface area contributed by atoms with Crippen molar-refractivity contribution < 1.29 is 0 Å². The molecule has 0 aromatic carbocycles. The van der Waals surface area contributed by atoms with Gasteiger partial charge in [0.25, 0.3) is 0 Å². The second kappa shape index (κ2) is 5.66. The number of hydrogen-bond donors (Lipinski definition) is 1. The lowest BCUT2D eigenvalue weighted by Crippen LogP contribution is -2.39. The van der Waals surface area contributed by atoms with Crippen LogP contribution in [0.4, 0.5) is 0 Å². The van der Waals surface area contributed by atoms with Gasteiger partial charge in [-0.25, -0.2) is 0 Å². The summed E-state index contributed by atoms with van der Waals surface area (Å²) in [6.07, 6.45) is 10.1. The van der Waals surface area contributed by atoms with E-state index in [9.17, 15) is 0 Å². The van der Waals surface area contributed by atoms with E-state index in [1.165, 1.54) is 45.3 Å². The first-order valence-electron chi connectivity index (χ1n) is 6.46. The first-order chi connectivity index (χ1) is 7.40. The van der Waals surface area contributed by atoms with Crippen molar-refractivity contribution in [3.8, 4) is 0 Å². The average Bonchev–Trinajstić information content (AvgIpc) is 3.09. The van der Waals surface area contributed by atoms with E-state index in [0.29, 0.717) is 0 Å². The van der Waals surface area contributed by atoms with Crippen molar-refractivity contribution in [1.29, 1.82) is 0 Å². The Labute approximate surface area is 93.7 Å². The summed E-state index contributed by atoms with van der Waals surface area (Å²) < 4.78 is 0. The molecule has 1 aliphatic heterocycles. The van der Waals surface area contributed by atoms with Crippen molar-refractivity contribution in [3.05, 3.63) is 12.2 Å². The van der Waals surface area contributed by atoms with E-state index in [-0.39, 0.29) is 0 Å². The van der Waals surface area contributed by atoms with Crippen molar-refractivity contribution in [2.24, 2.45) is 5.92 Å². The van der Waals surface area contributed by atoms with E-state index in [2.05, 4.69) is 29.3 Å². The summed E-state index contributed by atoms with van der Waals surface area (Å²) >= 11 is 0. The number of allylic oxidation sites excluding steroid dienone is 1. The lowest BCUT2D eigenvalue weighted by atomic mass is 9.99. The van der Waals surface area contributed by atoms with Crippen LogP contribution in [0.25, 0.3) is 0 Å². The lowest BCUT2D eigenvalue weighted by molar-refractivity contribution is 0.217. The SMILES string of the molecule is C/C=C/CN(CC1CCCNC1)C1CC1. The topological polar surface area (TPSA) is 15.3 Å². The fraction of sp³-hybridized carbons (Fsp3) is 0.846. The molecule has 1 atom stereocenters. The van der Waals surface area contributed by atoms with Gasteiger partial charge in [0, 0.05) is 19.1 Å². The molecule has 0 radical (unpaired) electrons. The van der Waals surface area contributed by atoms with Crippen molar-refractivity contribution in [3.63, 3.8) is 0 Å². The van der Waals surface area contributed by atoms with Gasteiger partial charge in [-0.2, -0.15) is 0 Å². The largest absolute Gasteiger partial charge is 0.316 e. The smallest absolute Gasteiger partial charge is 0.0166 e. The number of hydrogen-bond acceptors (Lipinski definition) is 2. The minimum atomic E-state index is 0.893. The normalized spacial score (nSPS) is 27.7. The van der Waals surface area contributed by atoms with Crippen molar-refractivity contribution in [2.45, 2.75) is 38.6 Å². The van der Waals surface area contributed by atoms with Gasteiger partial charge < -0.3 is 5.32 Å². The third-order valence-corrected chi connectivity index (χ3v) is 3.53. The van der Waals surface area contributed by atoms with E-state index in [4.69, 9.17) is 0 Å². The number of piperidine rings is 1. The van der Waals surface area contributed by atoms with Gasteiger partial charge >= 0.3 is 0 Å². The fourth-order valence-electron chi connectivity index (χ4n) is 2.46. The molecule has 1 unspecified atom stereocenters. The molecule has 15 heavy (non-hydrogen) atoms. The molecule has 86 valence electrons. The van der Waals surface area contributed by atoms with E-state index >= 15 is 0 Å². The summed E-state index contributed by atoms with van der Waals surface area (Å²) in [5, 5.41) is 3.51. The van der Waals surface area contributed by atoms with Gasteiger partial charge in [0.2, 0.25) is 0 Å². The van der Waals surface area contributed by atoms with Crippen LogP contribution in [0.5, 0.6) is 0 Å². The van der Waals surface area contributed by atoms with Gasteiger partial charge in [0.05, 0.1) is 0 Å². The van der Waals surface area contributed by atoms with Crippen LogP contribution in [0, 0.1) is 5.92 Å². The maximum atomic E-state index is 3.51. The Hall–Kier alpha value is -0.340. The Morgan fingerprint density at radius 3 is 2.80 bits per heavy atom. The van der Waals surface area contributed by atoms with Gasteiger partial charge in [-0.3, -0.25) is 4.90 Å². The molecule has 1 aliphatic carbocycles. The molecule has 1 saturated carbocycles. The van der Waals surface area contributed by atoms with E-state index in [0.717, 1.165) is 18.5 Å². The Balaban J connectivity index is 1.76. The molecule has 0 amide bonds. The van der Waals surface area contributed by atoms with Gasteiger partial charge in [0.15, 0.2) is 0 Å². The van der Waals surface area contributed by atoms with Crippen LogP contribution in [-0.2, 0) is 0 Å². The molecule has 2 nitrogen and oxygen atoms in total. The Bertz CT molecular complexity index is 203. The fourth-order valence-corrected chi connectivity index (χ4v) is 2.46. The summed E-state index contributed by atoms with van der Waals surface area (Å²) in [4.78, 5) is 2.68. The van der Waals surface area contributed by atoms with Crippen molar-refractivity contribution in [1.82, 2.24) is 10.2 Å². The quantitative estimate of drug-likeness (QED) is 0.695. The number of nitrogens with zero attached hydrogens (tertiary/aromatic N) is 1. The predicted molar refractivity (Wildman–Crippen MR) is 65.0 cm³/mol. The summed E-state index contributed by atoms with van der Waals surface area (Å²) in [7, 11) is 0. The molecule has 1 N–H and O–H groups in total. The highest BCUT2D eigenvalue weighted by atomic mass is 15.2. The second-order valence-electron chi connectivity index (χ2n) is 4.97. The van der Waals surface area contributed by atoms with E-state index in [1.54, 1.807) is 0 Å². The predicted octanol–water partition coefficient (Wildman–Crippen LogP) is 2.03. The third-order valence-electron chi connectivity index (χ3n) is 3.53. The minimum absolute atomic E-state index is 0.893. The van der Waals surface area contributed by atoms with Crippen LogP contribution in [0.3, 0.4) is 0 Å². The highest BCUT2D eigenvalue weighted by Crippen LogP contribution is 2.28. The van der Waals surface area contributed by atoms with Crippen LogP contribution in [0.2, 0.25) is 0 Å². The molecule has 0 aromatic heterocycles.